The summed E-state index contributed by atoms with van der Waals surface area (Å²) in [4.78, 5) is 13.8. The van der Waals surface area contributed by atoms with Crippen LogP contribution in [-0.4, -0.2) is 37.0 Å². The molecule has 1 amide bonds. The van der Waals surface area contributed by atoms with E-state index in [0.717, 1.165) is 25.0 Å². The number of carbonyl (C=O) groups excluding carboxylic acids is 1. The first-order valence-electron chi connectivity index (χ1n) is 7.09. The summed E-state index contributed by atoms with van der Waals surface area (Å²) in [5.74, 6) is -1.58. The number of ether oxygens (including phenoxy) is 1. The highest BCUT2D eigenvalue weighted by Gasteiger charge is 2.43. The molecule has 0 radical (unpaired) electrons. The average Bonchev–Trinajstić information content (AvgIpc) is 3.20. The molecule has 0 aromatic heterocycles. The predicted molar refractivity (Wildman–Crippen MR) is 73.0 cm³/mol. The number of methoxy groups -OCH3 is 1. The van der Waals surface area contributed by atoms with Crippen molar-refractivity contribution in [1.82, 2.24) is 4.90 Å². The molecule has 6 heteroatoms. The average molecular weight is 296 g/mol. The molecule has 0 bridgehead atoms. The minimum absolute atomic E-state index is 0.0514. The van der Waals surface area contributed by atoms with Crippen molar-refractivity contribution in [3.05, 3.63) is 29.3 Å². The molecule has 2 aliphatic rings. The fourth-order valence-electron chi connectivity index (χ4n) is 3.07. The zero-order valence-corrected chi connectivity index (χ0v) is 11.8. The second kappa shape index (κ2) is 5.26. The fraction of sp³-hybridized carbons (Fsp3) is 0.533. The van der Waals surface area contributed by atoms with Crippen LogP contribution in [0.25, 0.3) is 0 Å². The van der Waals surface area contributed by atoms with Crippen molar-refractivity contribution in [1.29, 1.82) is 0 Å². The second-order valence-corrected chi connectivity index (χ2v) is 5.84. The van der Waals surface area contributed by atoms with E-state index in [9.17, 15) is 13.6 Å². The van der Waals surface area contributed by atoms with Crippen molar-refractivity contribution >= 4 is 5.91 Å². The lowest BCUT2D eigenvalue weighted by Gasteiger charge is -2.17. The first-order valence-corrected chi connectivity index (χ1v) is 7.09. The Morgan fingerprint density at radius 1 is 1.29 bits per heavy atom. The maximum absolute atomic E-state index is 14.0. The van der Waals surface area contributed by atoms with Crippen LogP contribution in [0.2, 0.25) is 0 Å². The molecule has 1 aromatic carbocycles. The summed E-state index contributed by atoms with van der Waals surface area (Å²) in [6.45, 7) is 0.834. The van der Waals surface area contributed by atoms with Gasteiger partial charge >= 0.3 is 0 Å². The number of hydrogen-bond donors (Lipinski definition) is 1. The number of benzene rings is 1. The van der Waals surface area contributed by atoms with Gasteiger partial charge in [0.05, 0.1) is 7.11 Å². The summed E-state index contributed by atoms with van der Waals surface area (Å²) in [5, 5.41) is 0. The van der Waals surface area contributed by atoms with Gasteiger partial charge in [0.1, 0.15) is 22.9 Å². The van der Waals surface area contributed by atoms with Crippen molar-refractivity contribution in [3.63, 3.8) is 0 Å². The number of carbonyl (C=O) groups is 1. The van der Waals surface area contributed by atoms with Crippen molar-refractivity contribution < 1.29 is 18.3 Å². The first kappa shape index (κ1) is 14.3. The largest absolute Gasteiger partial charge is 0.497 e. The van der Waals surface area contributed by atoms with Crippen molar-refractivity contribution in [2.45, 2.75) is 18.9 Å². The predicted octanol–water partition coefficient (Wildman–Crippen LogP) is 1.78. The van der Waals surface area contributed by atoms with Gasteiger partial charge in [-0.25, -0.2) is 8.78 Å². The lowest BCUT2D eigenvalue weighted by Crippen LogP contribution is -2.33. The highest BCUT2D eigenvalue weighted by atomic mass is 19.1. The Bertz CT molecular complexity index is 552. The molecule has 2 N–H and O–H groups in total. The minimum atomic E-state index is -0.903. The second-order valence-electron chi connectivity index (χ2n) is 5.84. The zero-order valence-electron chi connectivity index (χ0n) is 11.8. The summed E-state index contributed by atoms with van der Waals surface area (Å²) in [6.07, 6.45) is 2.26. The summed E-state index contributed by atoms with van der Waals surface area (Å²) in [5.41, 5.74) is 5.52. The fourth-order valence-corrected chi connectivity index (χ4v) is 3.07. The Morgan fingerprint density at radius 3 is 2.43 bits per heavy atom. The topological polar surface area (TPSA) is 55.6 Å². The quantitative estimate of drug-likeness (QED) is 0.925. The Kier molecular flexibility index (Phi) is 3.57. The van der Waals surface area contributed by atoms with Crippen LogP contribution in [0.5, 0.6) is 5.75 Å². The molecule has 1 aromatic rings. The van der Waals surface area contributed by atoms with Gasteiger partial charge in [-0.1, -0.05) is 0 Å². The lowest BCUT2D eigenvalue weighted by molar-refractivity contribution is 0.0775. The monoisotopic (exact) mass is 296 g/mol. The van der Waals surface area contributed by atoms with Crippen molar-refractivity contribution in [3.8, 4) is 5.75 Å². The molecule has 1 aliphatic heterocycles. The molecule has 0 spiro atoms. The number of rotatable bonds is 3. The van der Waals surface area contributed by atoms with Crippen LogP contribution in [0.1, 0.15) is 23.2 Å². The normalized spacial score (nSPS) is 25.2. The first-order chi connectivity index (χ1) is 10.0. The van der Waals surface area contributed by atoms with Crippen molar-refractivity contribution in [2.75, 3.05) is 20.2 Å². The third-order valence-corrected chi connectivity index (χ3v) is 4.39. The third kappa shape index (κ3) is 2.60. The van der Waals surface area contributed by atoms with Gasteiger partial charge in [0.2, 0.25) is 0 Å². The van der Waals surface area contributed by atoms with Gasteiger partial charge < -0.3 is 15.4 Å². The van der Waals surface area contributed by atoms with E-state index >= 15 is 0 Å². The molecule has 114 valence electrons. The van der Waals surface area contributed by atoms with Gasteiger partial charge in [0, 0.05) is 31.3 Å². The van der Waals surface area contributed by atoms with E-state index in [1.54, 1.807) is 0 Å². The highest BCUT2D eigenvalue weighted by Crippen LogP contribution is 2.41. The van der Waals surface area contributed by atoms with E-state index in [-0.39, 0.29) is 17.7 Å². The van der Waals surface area contributed by atoms with E-state index in [4.69, 9.17) is 10.5 Å². The van der Waals surface area contributed by atoms with E-state index in [2.05, 4.69) is 0 Å². The Morgan fingerprint density at radius 2 is 1.90 bits per heavy atom. The van der Waals surface area contributed by atoms with Crippen LogP contribution < -0.4 is 10.5 Å². The van der Waals surface area contributed by atoms with E-state index < -0.39 is 23.1 Å². The maximum Gasteiger partial charge on any atom is 0.259 e. The van der Waals surface area contributed by atoms with Crippen LogP contribution in [0.4, 0.5) is 8.78 Å². The number of likely N-dealkylation sites (tertiary alicyclic amines) is 1. The van der Waals surface area contributed by atoms with Gasteiger partial charge in [0.25, 0.3) is 5.91 Å². The van der Waals surface area contributed by atoms with Gasteiger partial charge in [-0.15, -0.1) is 0 Å². The molecule has 2 fully saturated rings. The highest BCUT2D eigenvalue weighted by molar-refractivity contribution is 5.95. The smallest absolute Gasteiger partial charge is 0.259 e. The van der Waals surface area contributed by atoms with E-state index in [1.807, 2.05) is 0 Å². The number of halogens is 2. The maximum atomic E-state index is 14.0. The van der Waals surface area contributed by atoms with Crippen LogP contribution in [0.3, 0.4) is 0 Å². The molecular formula is C15H18F2N2O2. The molecule has 1 aliphatic carbocycles. The Labute approximate surface area is 121 Å². The van der Waals surface area contributed by atoms with Crippen LogP contribution >= 0.6 is 0 Å². The standard InChI is InChI=1S/C15H18F2N2O2/c1-21-9-4-11(16)14(12(17)5-9)15(20)19-6-10(8-2-3-8)13(18)7-19/h4-5,8,10,13H,2-3,6-7,18H2,1H3/t10-,13+/m1/s1. The summed E-state index contributed by atoms with van der Waals surface area (Å²) < 4.78 is 32.7. The van der Waals surface area contributed by atoms with Gasteiger partial charge in [-0.05, 0) is 24.7 Å². The van der Waals surface area contributed by atoms with E-state index in [0.29, 0.717) is 19.0 Å². The van der Waals surface area contributed by atoms with Crippen molar-refractivity contribution in [2.24, 2.45) is 17.6 Å². The van der Waals surface area contributed by atoms with E-state index in [1.165, 1.54) is 12.0 Å². The minimum Gasteiger partial charge on any atom is -0.497 e. The molecule has 1 saturated carbocycles. The Hall–Kier alpha value is -1.69. The molecule has 2 atom stereocenters. The number of hydrogen-bond acceptors (Lipinski definition) is 3. The van der Waals surface area contributed by atoms with Crippen LogP contribution in [0.15, 0.2) is 12.1 Å². The van der Waals surface area contributed by atoms with Gasteiger partial charge in [0.15, 0.2) is 0 Å². The SMILES string of the molecule is COc1cc(F)c(C(=O)N2C[C@H](C3CC3)[C@@H](N)C2)c(F)c1. The van der Waals surface area contributed by atoms with Crippen LogP contribution in [0, 0.1) is 23.5 Å². The van der Waals surface area contributed by atoms with Gasteiger partial charge in [-0.2, -0.15) is 0 Å². The molecule has 21 heavy (non-hydrogen) atoms. The molecule has 1 saturated heterocycles. The summed E-state index contributed by atoms with van der Waals surface area (Å²) in [7, 11) is 1.31. The number of nitrogens with zero attached hydrogens (tertiary/aromatic N) is 1. The number of nitrogens with two attached hydrogens (primary N) is 1. The third-order valence-electron chi connectivity index (χ3n) is 4.39. The summed E-state index contributed by atoms with van der Waals surface area (Å²) in [6, 6.07) is 1.93. The van der Waals surface area contributed by atoms with Gasteiger partial charge in [-0.3, -0.25) is 4.79 Å². The zero-order chi connectivity index (χ0) is 15.1. The molecule has 4 nitrogen and oxygen atoms in total. The molecule has 3 rings (SSSR count). The summed E-state index contributed by atoms with van der Waals surface area (Å²) >= 11 is 0. The lowest BCUT2D eigenvalue weighted by atomic mass is 9.99. The molecule has 0 unspecified atom stereocenters. The molecule has 1 heterocycles. The molecular weight excluding hydrogens is 278 g/mol. The number of amides is 1. The van der Waals surface area contributed by atoms with Crippen LogP contribution in [-0.2, 0) is 0 Å². The Balaban J connectivity index is 1.82.